The Morgan fingerprint density at radius 2 is 1.88 bits per heavy atom. The fourth-order valence-electron chi connectivity index (χ4n) is 1.83. The highest BCUT2D eigenvalue weighted by molar-refractivity contribution is 6.05. The fourth-order valence-corrected chi connectivity index (χ4v) is 1.83. The van der Waals surface area contributed by atoms with E-state index in [0.29, 0.717) is 0 Å². The molecule has 4 heteroatoms. The zero-order valence-electron chi connectivity index (χ0n) is 10.7. The highest BCUT2D eigenvalue weighted by atomic mass is 16.2. The first-order valence-electron chi connectivity index (χ1n) is 5.73. The number of fused-ring (bicyclic) bond motifs is 1. The molecule has 0 fully saturated rings. The van der Waals surface area contributed by atoms with Crippen molar-refractivity contribution in [1.82, 2.24) is 0 Å². The minimum absolute atomic E-state index is 0.0234. The van der Waals surface area contributed by atoms with Crippen LogP contribution in [-0.4, -0.2) is 11.4 Å². The van der Waals surface area contributed by atoms with E-state index in [9.17, 15) is 4.79 Å². The van der Waals surface area contributed by atoms with Crippen LogP contribution in [-0.2, 0) is 10.3 Å². The van der Waals surface area contributed by atoms with Gasteiger partial charge in [-0.05, 0) is 45.4 Å². The molecule has 4 N–H and O–H groups in total. The van der Waals surface area contributed by atoms with Crippen LogP contribution >= 0.6 is 0 Å². The van der Waals surface area contributed by atoms with E-state index in [0.717, 1.165) is 16.9 Å². The van der Waals surface area contributed by atoms with Crippen molar-refractivity contribution in [2.75, 3.05) is 10.6 Å². The van der Waals surface area contributed by atoms with Gasteiger partial charge in [-0.15, -0.1) is 0 Å². The number of carbonyl (C=O) groups is 1. The molecule has 0 spiro atoms. The van der Waals surface area contributed by atoms with Gasteiger partial charge in [0.25, 0.3) is 0 Å². The van der Waals surface area contributed by atoms with Crippen LogP contribution in [0.5, 0.6) is 0 Å². The Labute approximate surface area is 102 Å². The summed E-state index contributed by atoms with van der Waals surface area (Å²) in [4.78, 5) is 11.8. The second kappa shape index (κ2) is 3.47. The number of amides is 1. The van der Waals surface area contributed by atoms with Crippen LogP contribution in [0.15, 0.2) is 18.2 Å². The molecule has 1 aromatic rings. The molecule has 1 aliphatic rings. The smallest absolute Gasteiger partial charge is 0.249 e. The van der Waals surface area contributed by atoms with Gasteiger partial charge in [-0.25, -0.2) is 0 Å². The molecule has 0 aromatic heterocycles. The summed E-state index contributed by atoms with van der Waals surface area (Å²) in [5.74, 6) is -0.0234. The van der Waals surface area contributed by atoms with E-state index in [1.807, 2.05) is 45.9 Å². The predicted molar refractivity (Wildman–Crippen MR) is 70.0 cm³/mol. The van der Waals surface area contributed by atoms with Gasteiger partial charge in [0.05, 0.1) is 11.4 Å². The lowest BCUT2D eigenvalue weighted by molar-refractivity contribution is -0.119. The Kier molecular flexibility index (Phi) is 2.43. The molecule has 17 heavy (non-hydrogen) atoms. The van der Waals surface area contributed by atoms with Crippen LogP contribution in [0.4, 0.5) is 11.4 Å². The molecule has 1 aliphatic heterocycles. The molecule has 0 saturated carbocycles. The number of nitrogens with one attached hydrogen (secondary N) is 2. The zero-order chi connectivity index (χ0) is 12.8. The summed E-state index contributed by atoms with van der Waals surface area (Å²) in [5.41, 5.74) is 7.86. The van der Waals surface area contributed by atoms with Crippen LogP contribution in [0.1, 0.15) is 33.3 Å². The van der Waals surface area contributed by atoms with Crippen molar-refractivity contribution in [3.63, 3.8) is 0 Å². The van der Waals surface area contributed by atoms with E-state index < -0.39 is 5.54 Å². The predicted octanol–water partition coefficient (Wildman–Crippen LogP) is 2.02. The van der Waals surface area contributed by atoms with Gasteiger partial charge in [-0.2, -0.15) is 0 Å². The van der Waals surface area contributed by atoms with Crippen molar-refractivity contribution < 1.29 is 4.79 Å². The summed E-state index contributed by atoms with van der Waals surface area (Å²) in [7, 11) is 0. The first-order chi connectivity index (χ1) is 7.70. The second-order valence-corrected chi connectivity index (χ2v) is 5.69. The number of benzene rings is 1. The van der Waals surface area contributed by atoms with E-state index in [4.69, 9.17) is 5.73 Å². The van der Waals surface area contributed by atoms with Gasteiger partial charge < -0.3 is 16.4 Å². The van der Waals surface area contributed by atoms with Gasteiger partial charge in [0, 0.05) is 5.54 Å². The van der Waals surface area contributed by atoms with E-state index in [2.05, 4.69) is 10.6 Å². The monoisotopic (exact) mass is 233 g/mol. The van der Waals surface area contributed by atoms with Gasteiger partial charge in [0.1, 0.15) is 5.54 Å². The van der Waals surface area contributed by atoms with Crippen LogP contribution in [0.2, 0.25) is 0 Å². The van der Waals surface area contributed by atoms with Crippen molar-refractivity contribution in [2.45, 2.75) is 38.8 Å². The molecule has 1 heterocycles. The average molecular weight is 233 g/mol. The van der Waals surface area contributed by atoms with Crippen molar-refractivity contribution in [2.24, 2.45) is 5.73 Å². The summed E-state index contributed by atoms with van der Waals surface area (Å²) >= 11 is 0. The van der Waals surface area contributed by atoms with Crippen molar-refractivity contribution in [3.05, 3.63) is 23.8 Å². The average Bonchev–Trinajstić information content (AvgIpc) is 2.17. The maximum Gasteiger partial charge on any atom is 0.249 e. The zero-order valence-corrected chi connectivity index (χ0v) is 10.7. The molecule has 0 radical (unpaired) electrons. The highest BCUT2D eigenvalue weighted by Crippen LogP contribution is 2.33. The largest absolute Gasteiger partial charge is 0.370 e. The van der Waals surface area contributed by atoms with Crippen molar-refractivity contribution >= 4 is 17.3 Å². The van der Waals surface area contributed by atoms with E-state index in [1.54, 1.807) is 0 Å². The Morgan fingerprint density at radius 3 is 2.47 bits per heavy atom. The lowest BCUT2D eigenvalue weighted by Gasteiger charge is -2.33. The normalized spacial score (nSPS) is 18.1. The molecule has 2 rings (SSSR count). The van der Waals surface area contributed by atoms with Gasteiger partial charge in [0.15, 0.2) is 0 Å². The number of hydrogen-bond donors (Lipinski definition) is 3. The maximum absolute atomic E-state index is 11.8. The number of rotatable bonds is 1. The minimum atomic E-state index is -0.593. The molecule has 0 saturated heterocycles. The van der Waals surface area contributed by atoms with E-state index in [1.165, 1.54) is 0 Å². The van der Waals surface area contributed by atoms with E-state index >= 15 is 0 Å². The molecule has 0 bridgehead atoms. The summed E-state index contributed by atoms with van der Waals surface area (Å²) < 4.78 is 0. The maximum atomic E-state index is 11.8. The first-order valence-corrected chi connectivity index (χ1v) is 5.73. The summed E-state index contributed by atoms with van der Waals surface area (Å²) in [6.07, 6.45) is 0. The summed E-state index contributed by atoms with van der Waals surface area (Å²) in [6.45, 7) is 7.62. The fraction of sp³-hybridized carbons (Fsp3) is 0.462. The Bertz CT molecular complexity index is 472. The van der Waals surface area contributed by atoms with Crippen LogP contribution in [0.3, 0.4) is 0 Å². The Hall–Kier alpha value is -1.55. The summed E-state index contributed by atoms with van der Waals surface area (Å²) in [6, 6.07) is 5.83. The third-order valence-corrected chi connectivity index (χ3v) is 3.03. The molecule has 1 aromatic carbocycles. The standard InChI is InChI=1S/C13H19N3O/c1-12(2,14)8-5-6-9-10(7-8)16-13(3,4)11(17)15-9/h5-7,16H,14H2,1-4H3,(H,15,17). The molecule has 4 nitrogen and oxygen atoms in total. The SMILES string of the molecule is CC1(C)Nc2cc(C(C)(C)N)ccc2NC1=O. The second-order valence-electron chi connectivity index (χ2n) is 5.69. The van der Waals surface area contributed by atoms with Gasteiger partial charge in [0.2, 0.25) is 5.91 Å². The van der Waals surface area contributed by atoms with Crippen molar-refractivity contribution in [3.8, 4) is 0 Å². The third kappa shape index (κ3) is 2.13. The molecular formula is C13H19N3O. The Morgan fingerprint density at radius 1 is 1.24 bits per heavy atom. The van der Waals surface area contributed by atoms with Gasteiger partial charge >= 0.3 is 0 Å². The van der Waals surface area contributed by atoms with Crippen LogP contribution in [0.25, 0.3) is 0 Å². The lowest BCUT2D eigenvalue weighted by Crippen LogP contribution is -2.47. The summed E-state index contributed by atoms with van der Waals surface area (Å²) in [5, 5.41) is 6.12. The molecule has 0 unspecified atom stereocenters. The number of anilines is 2. The Balaban J connectivity index is 2.45. The minimum Gasteiger partial charge on any atom is -0.370 e. The third-order valence-electron chi connectivity index (χ3n) is 3.03. The molecular weight excluding hydrogens is 214 g/mol. The van der Waals surface area contributed by atoms with Crippen LogP contribution in [0, 0.1) is 0 Å². The number of hydrogen-bond acceptors (Lipinski definition) is 3. The van der Waals surface area contributed by atoms with Crippen LogP contribution < -0.4 is 16.4 Å². The first kappa shape index (κ1) is 11.9. The lowest BCUT2D eigenvalue weighted by atomic mass is 9.92. The molecule has 0 aliphatic carbocycles. The van der Waals surface area contributed by atoms with Crippen molar-refractivity contribution in [1.29, 1.82) is 0 Å². The topological polar surface area (TPSA) is 67.2 Å². The molecule has 1 amide bonds. The number of nitrogens with two attached hydrogens (primary N) is 1. The number of carbonyl (C=O) groups excluding carboxylic acids is 1. The quantitative estimate of drug-likeness (QED) is 0.695. The molecule has 0 atom stereocenters. The van der Waals surface area contributed by atoms with Gasteiger partial charge in [-0.1, -0.05) is 6.07 Å². The van der Waals surface area contributed by atoms with E-state index in [-0.39, 0.29) is 11.4 Å². The highest BCUT2D eigenvalue weighted by Gasteiger charge is 2.33. The van der Waals surface area contributed by atoms with Gasteiger partial charge in [-0.3, -0.25) is 4.79 Å². The molecule has 92 valence electrons.